The minimum Gasteiger partial charge on any atom is -0.493 e. The van der Waals surface area contributed by atoms with Gasteiger partial charge < -0.3 is 14.4 Å². The second-order valence-corrected chi connectivity index (χ2v) is 8.77. The van der Waals surface area contributed by atoms with E-state index in [9.17, 15) is 13.2 Å². The van der Waals surface area contributed by atoms with Gasteiger partial charge in [0, 0.05) is 25.1 Å². The summed E-state index contributed by atoms with van der Waals surface area (Å²) < 4.78 is 37.4. The Balaban J connectivity index is 1.42. The first kappa shape index (κ1) is 20.2. The number of benzene rings is 2. The van der Waals surface area contributed by atoms with Crippen molar-refractivity contribution in [2.75, 3.05) is 27.3 Å². The number of hydrogen-bond acceptors (Lipinski definition) is 6. The number of amides is 1. The van der Waals surface area contributed by atoms with E-state index in [-0.39, 0.29) is 23.8 Å². The van der Waals surface area contributed by atoms with Gasteiger partial charge in [0.05, 0.1) is 25.7 Å². The average molecular weight is 429 g/mol. The molecule has 2 aromatic rings. The van der Waals surface area contributed by atoms with Crippen molar-refractivity contribution in [3.8, 4) is 11.5 Å². The fraction of sp³-hybridized carbons (Fsp3) is 0.333. The van der Waals surface area contributed by atoms with E-state index in [0.717, 1.165) is 17.5 Å². The van der Waals surface area contributed by atoms with Gasteiger partial charge in [-0.25, -0.2) is 8.42 Å². The Bertz CT molecular complexity index is 1130. The summed E-state index contributed by atoms with van der Waals surface area (Å²) in [5.74, 6) is 1.60. The number of hydrogen-bond donors (Lipinski definition) is 1. The lowest BCUT2D eigenvalue weighted by Crippen LogP contribution is -2.36. The first-order chi connectivity index (χ1) is 14.4. The summed E-state index contributed by atoms with van der Waals surface area (Å²) in [7, 11) is -0.378. The Morgan fingerprint density at radius 1 is 1.13 bits per heavy atom. The van der Waals surface area contributed by atoms with E-state index in [4.69, 9.17) is 9.47 Å². The number of ether oxygens (including phenoxy) is 2. The highest BCUT2D eigenvalue weighted by Crippen LogP contribution is 2.33. The standard InChI is InChI=1S/C21H23N3O5S/c1-28-17-11-14-8-10-24(13-15(14)12-18(17)29-2)20(25)7-9-22-21-16-5-3-4-6-19(16)30(26,27)23-21/h3-6,11-12H,7-10,13H2,1-2H3,(H,22,23). The number of methoxy groups -OCH3 is 2. The number of amidine groups is 1. The molecule has 0 fully saturated rings. The number of fused-ring (bicyclic) bond motifs is 2. The molecule has 0 aromatic heterocycles. The van der Waals surface area contributed by atoms with Crippen molar-refractivity contribution < 1.29 is 22.7 Å². The maximum absolute atomic E-state index is 12.7. The van der Waals surface area contributed by atoms with Crippen LogP contribution in [0.3, 0.4) is 0 Å². The zero-order valence-electron chi connectivity index (χ0n) is 16.8. The molecule has 30 heavy (non-hydrogen) atoms. The minimum atomic E-state index is -3.57. The molecule has 158 valence electrons. The van der Waals surface area contributed by atoms with Crippen LogP contribution in [0, 0.1) is 0 Å². The molecule has 0 spiro atoms. The number of carbonyl (C=O) groups excluding carboxylic acids is 1. The predicted octanol–water partition coefficient (Wildman–Crippen LogP) is 1.72. The van der Waals surface area contributed by atoms with Crippen LogP contribution in [-0.2, 0) is 27.8 Å². The molecule has 2 heterocycles. The van der Waals surface area contributed by atoms with Crippen LogP contribution < -0.4 is 14.2 Å². The van der Waals surface area contributed by atoms with Crippen LogP contribution in [0.15, 0.2) is 46.3 Å². The predicted molar refractivity (Wildman–Crippen MR) is 111 cm³/mol. The molecule has 0 bridgehead atoms. The number of nitrogens with one attached hydrogen (secondary N) is 1. The van der Waals surface area contributed by atoms with E-state index < -0.39 is 10.0 Å². The third-order valence-corrected chi connectivity index (χ3v) is 6.73. The zero-order chi connectivity index (χ0) is 21.3. The monoisotopic (exact) mass is 429 g/mol. The quantitative estimate of drug-likeness (QED) is 0.781. The Labute approximate surface area is 175 Å². The number of carbonyl (C=O) groups is 1. The average Bonchev–Trinajstić information content (AvgIpc) is 3.02. The van der Waals surface area contributed by atoms with E-state index in [1.165, 1.54) is 0 Å². The lowest BCUT2D eigenvalue weighted by Gasteiger charge is -2.29. The van der Waals surface area contributed by atoms with Crippen LogP contribution in [0.25, 0.3) is 0 Å². The van der Waals surface area contributed by atoms with Gasteiger partial charge in [0.15, 0.2) is 11.5 Å². The second-order valence-electron chi connectivity index (χ2n) is 7.12. The topological polar surface area (TPSA) is 97.3 Å². The van der Waals surface area contributed by atoms with E-state index in [1.54, 1.807) is 43.4 Å². The van der Waals surface area contributed by atoms with Crippen molar-refractivity contribution >= 4 is 21.8 Å². The van der Waals surface area contributed by atoms with Crippen LogP contribution >= 0.6 is 0 Å². The number of rotatable bonds is 5. The van der Waals surface area contributed by atoms with Gasteiger partial charge >= 0.3 is 0 Å². The third-order valence-electron chi connectivity index (χ3n) is 5.33. The molecular weight excluding hydrogens is 406 g/mol. The normalized spacial score (nSPS) is 17.8. The van der Waals surface area contributed by atoms with Crippen molar-refractivity contribution in [3.05, 3.63) is 53.1 Å². The highest BCUT2D eigenvalue weighted by Gasteiger charge is 2.30. The first-order valence-electron chi connectivity index (χ1n) is 9.61. The summed E-state index contributed by atoms with van der Waals surface area (Å²) in [4.78, 5) is 19.0. The van der Waals surface area contributed by atoms with Crippen molar-refractivity contribution in [1.82, 2.24) is 9.62 Å². The van der Waals surface area contributed by atoms with Gasteiger partial charge in [0.25, 0.3) is 10.0 Å². The molecule has 0 radical (unpaired) electrons. The summed E-state index contributed by atoms with van der Waals surface area (Å²) in [6, 6.07) is 10.6. The number of nitrogens with zero attached hydrogens (tertiary/aromatic N) is 2. The van der Waals surface area contributed by atoms with Gasteiger partial charge in [-0.2, -0.15) is 0 Å². The molecule has 0 atom stereocenters. The fourth-order valence-corrected chi connectivity index (χ4v) is 5.02. The molecule has 2 aromatic carbocycles. The summed E-state index contributed by atoms with van der Waals surface area (Å²) >= 11 is 0. The minimum absolute atomic E-state index is 0.0195. The Morgan fingerprint density at radius 3 is 2.57 bits per heavy atom. The van der Waals surface area contributed by atoms with Crippen LogP contribution in [0.1, 0.15) is 23.1 Å². The Hall–Kier alpha value is -3.07. The third kappa shape index (κ3) is 3.72. The molecule has 8 nitrogen and oxygen atoms in total. The second kappa shape index (κ2) is 7.98. The molecule has 0 saturated carbocycles. The summed E-state index contributed by atoms with van der Waals surface area (Å²) in [5, 5.41) is 0. The van der Waals surface area contributed by atoms with Gasteiger partial charge in [-0.1, -0.05) is 12.1 Å². The van der Waals surface area contributed by atoms with Gasteiger partial charge in [-0.3, -0.25) is 14.5 Å². The van der Waals surface area contributed by atoms with Crippen LogP contribution in [0.4, 0.5) is 0 Å². The molecule has 1 amide bonds. The lowest BCUT2D eigenvalue weighted by molar-refractivity contribution is -0.131. The summed E-state index contributed by atoms with van der Waals surface area (Å²) in [6.07, 6.45) is 0.944. The highest BCUT2D eigenvalue weighted by molar-refractivity contribution is 7.90. The summed E-state index contributed by atoms with van der Waals surface area (Å²) in [6.45, 7) is 1.33. The molecule has 0 unspecified atom stereocenters. The SMILES string of the molecule is COc1cc2c(cc1OC)CN(C(=O)CCN=C1NS(=O)(=O)c3ccccc31)CC2. The molecule has 0 saturated heterocycles. The van der Waals surface area contributed by atoms with Crippen molar-refractivity contribution in [3.63, 3.8) is 0 Å². The van der Waals surface area contributed by atoms with Crippen LogP contribution in [0.5, 0.6) is 11.5 Å². The lowest BCUT2D eigenvalue weighted by atomic mass is 9.98. The van der Waals surface area contributed by atoms with Crippen molar-refractivity contribution in [1.29, 1.82) is 0 Å². The summed E-state index contributed by atoms with van der Waals surface area (Å²) in [5.41, 5.74) is 2.72. The molecular formula is C21H23N3O5S. The maximum atomic E-state index is 12.7. The van der Waals surface area contributed by atoms with E-state index >= 15 is 0 Å². The van der Waals surface area contributed by atoms with Crippen LogP contribution in [-0.4, -0.2) is 52.4 Å². The number of aliphatic imine (C=N–C) groups is 1. The molecule has 1 N–H and O–H groups in total. The van der Waals surface area contributed by atoms with Gasteiger partial charge in [0.1, 0.15) is 5.84 Å². The van der Waals surface area contributed by atoms with E-state index in [0.29, 0.717) is 36.0 Å². The molecule has 4 rings (SSSR count). The number of sulfonamides is 1. The van der Waals surface area contributed by atoms with Crippen LogP contribution in [0.2, 0.25) is 0 Å². The largest absolute Gasteiger partial charge is 0.493 e. The molecule has 2 aliphatic heterocycles. The first-order valence-corrected chi connectivity index (χ1v) is 11.1. The Morgan fingerprint density at radius 2 is 1.83 bits per heavy atom. The molecule has 0 aliphatic carbocycles. The van der Waals surface area contributed by atoms with Gasteiger partial charge in [-0.15, -0.1) is 0 Å². The molecule has 2 aliphatic rings. The van der Waals surface area contributed by atoms with Crippen molar-refractivity contribution in [2.24, 2.45) is 4.99 Å². The Kier molecular flexibility index (Phi) is 5.38. The van der Waals surface area contributed by atoms with Gasteiger partial charge in [-0.05, 0) is 41.8 Å². The van der Waals surface area contributed by atoms with E-state index in [1.807, 2.05) is 12.1 Å². The highest BCUT2D eigenvalue weighted by atomic mass is 32.2. The maximum Gasteiger partial charge on any atom is 0.263 e. The zero-order valence-corrected chi connectivity index (χ0v) is 17.7. The fourth-order valence-electron chi connectivity index (χ4n) is 3.77. The van der Waals surface area contributed by atoms with E-state index in [2.05, 4.69) is 9.71 Å². The van der Waals surface area contributed by atoms with Crippen molar-refractivity contribution in [2.45, 2.75) is 24.3 Å². The smallest absolute Gasteiger partial charge is 0.263 e. The van der Waals surface area contributed by atoms with Gasteiger partial charge in [0.2, 0.25) is 5.91 Å². The molecule has 9 heteroatoms.